The summed E-state index contributed by atoms with van der Waals surface area (Å²) in [4.78, 5) is 22.7. The Morgan fingerprint density at radius 2 is 1.84 bits per heavy atom. The topological polar surface area (TPSA) is 94.1 Å². The molecule has 1 amide bonds. The Morgan fingerprint density at radius 1 is 1.13 bits per heavy atom. The molecular formula is C23H32ClNO6. The number of hydrogen-bond donors (Lipinski definition) is 2. The molecule has 0 saturated carbocycles. The van der Waals surface area contributed by atoms with Gasteiger partial charge in [0.1, 0.15) is 11.9 Å². The van der Waals surface area contributed by atoms with Gasteiger partial charge in [-0.05, 0) is 48.4 Å². The largest absolute Gasteiger partial charge is 0.494 e. The highest BCUT2D eigenvalue weighted by Gasteiger charge is 2.19. The number of hydrogen-bond acceptors (Lipinski definition) is 5. The van der Waals surface area contributed by atoms with Gasteiger partial charge in [0.25, 0.3) is 0 Å². The average Bonchev–Trinajstić information content (AvgIpc) is 2.75. The Morgan fingerprint density at radius 3 is 2.42 bits per heavy atom. The van der Waals surface area contributed by atoms with Crippen molar-refractivity contribution < 1.29 is 28.9 Å². The SMILES string of the molecule is C.CC.CCOc1cc(C(=O)O)cc(C(OCCNC(=O)OC)c2cccc(Cl)c2)c1. The molecule has 2 rings (SSSR count). The van der Waals surface area contributed by atoms with E-state index >= 15 is 0 Å². The summed E-state index contributed by atoms with van der Waals surface area (Å²) in [6, 6.07) is 11.8. The van der Waals surface area contributed by atoms with Crippen molar-refractivity contribution in [2.45, 2.75) is 34.3 Å². The fraction of sp³-hybridized carbons (Fsp3) is 0.391. The molecule has 0 heterocycles. The zero-order valence-electron chi connectivity index (χ0n) is 17.6. The van der Waals surface area contributed by atoms with Gasteiger partial charge in [-0.1, -0.05) is 45.0 Å². The van der Waals surface area contributed by atoms with E-state index in [1.54, 1.807) is 24.3 Å². The van der Waals surface area contributed by atoms with Crippen LogP contribution in [0.5, 0.6) is 5.75 Å². The van der Waals surface area contributed by atoms with Crippen molar-refractivity contribution in [1.82, 2.24) is 5.32 Å². The van der Waals surface area contributed by atoms with Gasteiger partial charge >= 0.3 is 12.1 Å². The van der Waals surface area contributed by atoms with Gasteiger partial charge in [-0.25, -0.2) is 9.59 Å². The van der Waals surface area contributed by atoms with Crippen molar-refractivity contribution in [3.63, 3.8) is 0 Å². The molecule has 0 aliphatic heterocycles. The molecule has 0 fully saturated rings. The molecule has 0 bridgehead atoms. The Kier molecular flexibility index (Phi) is 13.7. The van der Waals surface area contributed by atoms with Gasteiger partial charge in [0.2, 0.25) is 0 Å². The molecule has 7 nitrogen and oxygen atoms in total. The van der Waals surface area contributed by atoms with Crippen LogP contribution in [0.15, 0.2) is 42.5 Å². The quantitative estimate of drug-likeness (QED) is 0.482. The van der Waals surface area contributed by atoms with E-state index in [-0.39, 0.29) is 26.1 Å². The number of carbonyl (C=O) groups excluding carboxylic acids is 1. The van der Waals surface area contributed by atoms with Gasteiger partial charge < -0.3 is 24.6 Å². The predicted octanol–water partition coefficient (Wildman–Crippen LogP) is 5.56. The molecule has 0 aromatic heterocycles. The first-order valence-corrected chi connectivity index (χ1v) is 10.0. The molecule has 2 aromatic rings. The maximum absolute atomic E-state index is 11.5. The molecule has 1 unspecified atom stereocenters. The number of methoxy groups -OCH3 is 1. The minimum absolute atomic E-state index is 0. The highest BCUT2D eigenvalue weighted by molar-refractivity contribution is 6.30. The van der Waals surface area contributed by atoms with Crippen LogP contribution in [0.4, 0.5) is 4.79 Å². The predicted molar refractivity (Wildman–Crippen MR) is 122 cm³/mol. The number of ether oxygens (including phenoxy) is 3. The monoisotopic (exact) mass is 453 g/mol. The van der Waals surface area contributed by atoms with Gasteiger partial charge in [0.05, 0.1) is 25.9 Å². The Labute approximate surface area is 189 Å². The number of benzene rings is 2. The van der Waals surface area contributed by atoms with E-state index in [2.05, 4.69) is 10.1 Å². The summed E-state index contributed by atoms with van der Waals surface area (Å²) in [5, 5.41) is 12.5. The molecule has 2 N–H and O–H groups in total. The number of nitrogens with one attached hydrogen (secondary N) is 1. The highest BCUT2D eigenvalue weighted by Crippen LogP contribution is 2.31. The van der Waals surface area contributed by atoms with E-state index in [0.29, 0.717) is 22.9 Å². The van der Waals surface area contributed by atoms with Gasteiger partial charge in [0.15, 0.2) is 0 Å². The van der Waals surface area contributed by atoms with Crippen molar-refractivity contribution >= 4 is 23.7 Å². The summed E-state index contributed by atoms with van der Waals surface area (Å²) in [5.41, 5.74) is 1.43. The zero-order chi connectivity index (χ0) is 22.5. The lowest BCUT2D eigenvalue weighted by molar-refractivity contribution is 0.0692. The Bertz CT molecular complexity index is 827. The van der Waals surface area contributed by atoms with E-state index in [9.17, 15) is 14.7 Å². The second-order valence-corrected chi connectivity index (χ2v) is 6.19. The summed E-state index contributed by atoms with van der Waals surface area (Å²) < 4.78 is 16.0. The van der Waals surface area contributed by atoms with E-state index in [1.165, 1.54) is 19.2 Å². The number of carboxylic acids is 1. The first-order chi connectivity index (χ1) is 14.4. The van der Waals surface area contributed by atoms with E-state index < -0.39 is 18.2 Å². The summed E-state index contributed by atoms with van der Waals surface area (Å²) >= 11 is 6.11. The third kappa shape index (κ3) is 9.27. The lowest BCUT2D eigenvalue weighted by Gasteiger charge is -2.21. The third-order valence-electron chi connectivity index (χ3n) is 3.78. The maximum Gasteiger partial charge on any atom is 0.406 e. The molecule has 0 aliphatic carbocycles. The molecule has 172 valence electrons. The van der Waals surface area contributed by atoms with Gasteiger partial charge in [0, 0.05) is 11.6 Å². The molecule has 8 heteroatoms. The normalized spacial score (nSPS) is 10.6. The number of amides is 1. The van der Waals surface area contributed by atoms with Crippen molar-refractivity contribution in [3.8, 4) is 5.75 Å². The lowest BCUT2D eigenvalue weighted by atomic mass is 9.99. The van der Waals surface area contributed by atoms with Crippen LogP contribution >= 0.6 is 11.6 Å². The molecule has 0 spiro atoms. The molecule has 2 aromatic carbocycles. The van der Waals surface area contributed by atoms with Crippen LogP contribution in [0.1, 0.15) is 55.8 Å². The number of halogens is 1. The zero-order valence-corrected chi connectivity index (χ0v) is 18.4. The second kappa shape index (κ2) is 15.1. The summed E-state index contributed by atoms with van der Waals surface area (Å²) in [6.45, 7) is 6.61. The molecule has 0 aliphatic rings. The van der Waals surface area contributed by atoms with Crippen molar-refractivity contribution in [2.24, 2.45) is 0 Å². The maximum atomic E-state index is 11.5. The third-order valence-corrected chi connectivity index (χ3v) is 4.02. The highest BCUT2D eigenvalue weighted by atomic mass is 35.5. The van der Waals surface area contributed by atoms with Crippen molar-refractivity contribution in [3.05, 3.63) is 64.2 Å². The van der Waals surface area contributed by atoms with Gasteiger partial charge in [-0.3, -0.25) is 0 Å². The second-order valence-electron chi connectivity index (χ2n) is 5.75. The number of aromatic carboxylic acids is 1. The van der Waals surface area contributed by atoms with Gasteiger partial charge in [-0.2, -0.15) is 0 Å². The van der Waals surface area contributed by atoms with Gasteiger partial charge in [-0.15, -0.1) is 0 Å². The number of carboxylic acid groups (broad SMARTS) is 1. The fourth-order valence-electron chi connectivity index (χ4n) is 2.60. The van der Waals surface area contributed by atoms with Crippen LogP contribution < -0.4 is 10.1 Å². The van der Waals surface area contributed by atoms with E-state index in [1.807, 2.05) is 26.8 Å². The molecular weight excluding hydrogens is 422 g/mol. The smallest absolute Gasteiger partial charge is 0.406 e. The summed E-state index contributed by atoms with van der Waals surface area (Å²) in [6.07, 6.45) is -1.16. The van der Waals surface area contributed by atoms with Crippen LogP contribution in [0.3, 0.4) is 0 Å². The number of rotatable bonds is 9. The minimum Gasteiger partial charge on any atom is -0.494 e. The van der Waals surface area contributed by atoms with Crippen LogP contribution in [0, 0.1) is 0 Å². The first-order valence-electron chi connectivity index (χ1n) is 9.64. The standard InChI is InChI=1S/C20H22ClNO6.C2H6.CH4/c1-3-27-17-11-14(9-15(12-17)19(23)24)18(13-5-4-6-16(21)10-13)28-8-7-22-20(25)26-2;1-2;/h4-6,9-12,18H,3,7-8H2,1-2H3,(H,22,25)(H,23,24);1-2H3;1H4. The summed E-state index contributed by atoms with van der Waals surface area (Å²) in [7, 11) is 1.28. The average molecular weight is 454 g/mol. The molecule has 0 radical (unpaired) electrons. The number of alkyl carbamates (subject to hydrolysis) is 1. The Balaban J connectivity index is 0.00000291. The minimum atomic E-state index is -1.07. The lowest BCUT2D eigenvalue weighted by Crippen LogP contribution is -2.27. The van der Waals surface area contributed by atoms with E-state index in [0.717, 1.165) is 5.56 Å². The fourth-order valence-corrected chi connectivity index (χ4v) is 2.80. The molecule has 0 saturated heterocycles. The van der Waals surface area contributed by atoms with Crippen LogP contribution in [0.25, 0.3) is 0 Å². The van der Waals surface area contributed by atoms with E-state index in [4.69, 9.17) is 21.1 Å². The van der Waals surface area contributed by atoms with Crippen LogP contribution in [0.2, 0.25) is 5.02 Å². The molecule has 31 heavy (non-hydrogen) atoms. The molecule has 1 atom stereocenters. The van der Waals surface area contributed by atoms with Crippen LogP contribution in [-0.4, -0.2) is 44.0 Å². The first kappa shape index (κ1) is 28.2. The van der Waals surface area contributed by atoms with Crippen molar-refractivity contribution in [1.29, 1.82) is 0 Å². The Hall–Kier alpha value is -2.77. The van der Waals surface area contributed by atoms with Crippen molar-refractivity contribution in [2.75, 3.05) is 26.9 Å². The number of carbonyl (C=O) groups is 2. The summed E-state index contributed by atoms with van der Waals surface area (Å²) in [5.74, 6) is -0.638. The van der Waals surface area contributed by atoms with Crippen LogP contribution in [-0.2, 0) is 9.47 Å².